The third-order valence-corrected chi connectivity index (χ3v) is 4.55. The Bertz CT molecular complexity index is 573. The summed E-state index contributed by atoms with van der Waals surface area (Å²) in [4.78, 5) is 19.8. The highest BCUT2D eigenvalue weighted by Crippen LogP contribution is 2.23. The zero-order chi connectivity index (χ0) is 20.3. The van der Waals surface area contributed by atoms with Gasteiger partial charge in [-0.15, -0.1) is 35.3 Å². The molecule has 0 aliphatic heterocycles. The van der Waals surface area contributed by atoms with E-state index in [0.717, 1.165) is 18.9 Å². The van der Waals surface area contributed by atoms with Gasteiger partial charge in [0.05, 0.1) is 12.6 Å². The van der Waals surface area contributed by atoms with Crippen molar-refractivity contribution in [1.29, 1.82) is 0 Å². The molecule has 1 amide bonds. The zero-order valence-electron chi connectivity index (χ0n) is 17.9. The lowest BCUT2D eigenvalue weighted by atomic mass is 10.2. The molecule has 0 aliphatic carbocycles. The van der Waals surface area contributed by atoms with Crippen molar-refractivity contribution in [2.24, 2.45) is 4.99 Å². The van der Waals surface area contributed by atoms with E-state index >= 15 is 0 Å². The Labute approximate surface area is 190 Å². The first-order chi connectivity index (χ1) is 12.7. The molecule has 7 nitrogen and oxygen atoms in total. The van der Waals surface area contributed by atoms with Crippen molar-refractivity contribution in [3.63, 3.8) is 0 Å². The lowest BCUT2D eigenvalue weighted by molar-refractivity contribution is 0.0527. The summed E-state index contributed by atoms with van der Waals surface area (Å²) in [5.41, 5.74) is -0.473. The predicted molar refractivity (Wildman–Crippen MR) is 129 cm³/mol. The number of amides is 1. The first kappa shape index (κ1) is 26.9. The SMILES string of the molecule is CCNC(=NCC(c1cccs1)N(C)C)NCCCNC(=O)OC(C)(C)C.I. The summed E-state index contributed by atoms with van der Waals surface area (Å²) in [5, 5.41) is 11.4. The lowest BCUT2D eigenvalue weighted by Gasteiger charge is -2.22. The molecular formula is C19H36IN5O2S. The molecule has 0 spiro atoms. The van der Waals surface area contributed by atoms with Gasteiger partial charge in [-0.05, 0) is 59.7 Å². The summed E-state index contributed by atoms with van der Waals surface area (Å²) in [7, 11) is 4.14. The number of aliphatic imine (C=N–C) groups is 1. The van der Waals surface area contributed by atoms with Crippen LogP contribution in [0, 0.1) is 0 Å². The van der Waals surface area contributed by atoms with Crippen molar-refractivity contribution >= 4 is 47.4 Å². The molecule has 0 fully saturated rings. The lowest BCUT2D eigenvalue weighted by Crippen LogP contribution is -2.40. The summed E-state index contributed by atoms with van der Waals surface area (Å²) in [5.74, 6) is 0.790. The van der Waals surface area contributed by atoms with E-state index in [1.165, 1.54) is 4.88 Å². The maximum atomic E-state index is 11.6. The van der Waals surface area contributed by atoms with Crippen LogP contribution in [0.5, 0.6) is 0 Å². The molecule has 28 heavy (non-hydrogen) atoms. The van der Waals surface area contributed by atoms with Gasteiger partial charge in [-0.25, -0.2) is 4.79 Å². The highest BCUT2D eigenvalue weighted by Gasteiger charge is 2.16. The number of likely N-dealkylation sites (N-methyl/N-ethyl adjacent to an activating group) is 1. The van der Waals surface area contributed by atoms with Crippen molar-refractivity contribution in [3.05, 3.63) is 22.4 Å². The molecule has 9 heteroatoms. The van der Waals surface area contributed by atoms with E-state index in [0.29, 0.717) is 19.6 Å². The third-order valence-electron chi connectivity index (χ3n) is 3.58. The minimum atomic E-state index is -0.473. The fourth-order valence-corrected chi connectivity index (χ4v) is 3.22. The Balaban J connectivity index is 0.00000729. The maximum Gasteiger partial charge on any atom is 0.407 e. The van der Waals surface area contributed by atoms with Gasteiger partial charge in [0.15, 0.2) is 5.96 Å². The largest absolute Gasteiger partial charge is 0.444 e. The standard InChI is InChI=1S/C19H35N5O2S.HI/c1-7-20-17(21-11-9-12-22-18(25)26-19(2,3)4)23-14-15(24(5)6)16-10-8-13-27-16;/h8,10,13,15H,7,9,11-12,14H2,1-6H3,(H,22,25)(H2,20,21,23);1H. The summed E-state index contributed by atoms with van der Waals surface area (Å²) < 4.78 is 5.22. The summed E-state index contributed by atoms with van der Waals surface area (Å²) in [6.45, 7) is 10.3. The summed E-state index contributed by atoms with van der Waals surface area (Å²) in [6, 6.07) is 4.48. The number of halogens is 1. The quantitative estimate of drug-likeness (QED) is 0.199. The van der Waals surface area contributed by atoms with Gasteiger partial charge in [0.2, 0.25) is 0 Å². The van der Waals surface area contributed by atoms with Crippen LogP contribution >= 0.6 is 35.3 Å². The second kappa shape index (κ2) is 14.0. The third kappa shape index (κ3) is 11.7. The highest BCUT2D eigenvalue weighted by molar-refractivity contribution is 14.0. The molecule has 0 aromatic carbocycles. The number of carbonyl (C=O) groups excluding carboxylic acids is 1. The predicted octanol–water partition coefficient (Wildman–Crippen LogP) is 3.44. The van der Waals surface area contributed by atoms with Crippen LogP contribution in [0.15, 0.2) is 22.5 Å². The van der Waals surface area contributed by atoms with E-state index in [-0.39, 0.29) is 36.1 Å². The first-order valence-electron chi connectivity index (χ1n) is 9.41. The molecule has 0 radical (unpaired) electrons. The van der Waals surface area contributed by atoms with Crippen molar-refractivity contribution in [3.8, 4) is 0 Å². The van der Waals surface area contributed by atoms with Gasteiger partial charge in [-0.3, -0.25) is 4.99 Å². The Morgan fingerprint density at radius 3 is 2.46 bits per heavy atom. The van der Waals surface area contributed by atoms with Gasteiger partial charge >= 0.3 is 6.09 Å². The molecule has 1 atom stereocenters. The van der Waals surface area contributed by atoms with Gasteiger partial charge < -0.3 is 25.6 Å². The number of hydrogen-bond acceptors (Lipinski definition) is 5. The zero-order valence-corrected chi connectivity index (χ0v) is 21.0. The van der Waals surface area contributed by atoms with Crippen molar-refractivity contribution < 1.29 is 9.53 Å². The van der Waals surface area contributed by atoms with Crippen LogP contribution < -0.4 is 16.0 Å². The maximum absolute atomic E-state index is 11.6. The average molecular weight is 526 g/mol. The number of alkyl carbamates (subject to hydrolysis) is 1. The normalized spacial score (nSPS) is 12.9. The Morgan fingerprint density at radius 1 is 1.25 bits per heavy atom. The molecule has 162 valence electrons. The van der Waals surface area contributed by atoms with Crippen molar-refractivity contribution in [2.75, 3.05) is 40.3 Å². The van der Waals surface area contributed by atoms with Gasteiger partial charge in [0.1, 0.15) is 5.60 Å². The van der Waals surface area contributed by atoms with Crippen LogP contribution in [0.2, 0.25) is 0 Å². The fraction of sp³-hybridized carbons (Fsp3) is 0.684. The number of rotatable bonds is 9. The number of thiophene rings is 1. The van der Waals surface area contributed by atoms with Crippen LogP contribution in [0.3, 0.4) is 0 Å². The molecule has 3 N–H and O–H groups in total. The molecule has 1 unspecified atom stereocenters. The second-order valence-electron chi connectivity index (χ2n) is 7.42. The fourth-order valence-electron chi connectivity index (χ4n) is 2.31. The molecule has 0 saturated heterocycles. The van der Waals surface area contributed by atoms with Crippen LogP contribution in [0.25, 0.3) is 0 Å². The second-order valence-corrected chi connectivity index (χ2v) is 8.40. The monoisotopic (exact) mass is 525 g/mol. The highest BCUT2D eigenvalue weighted by atomic mass is 127. The molecule has 1 heterocycles. The van der Waals surface area contributed by atoms with Crippen molar-refractivity contribution in [2.45, 2.75) is 45.8 Å². The average Bonchev–Trinajstić information content (AvgIpc) is 3.06. The number of guanidine groups is 1. The van der Waals surface area contributed by atoms with Gasteiger partial charge in [-0.1, -0.05) is 6.07 Å². The first-order valence-corrected chi connectivity index (χ1v) is 10.3. The Hall–Kier alpha value is -1.07. The molecule has 1 rings (SSSR count). The van der Waals surface area contributed by atoms with E-state index in [1.807, 2.05) is 27.7 Å². The minimum absolute atomic E-state index is 0. The number of ether oxygens (including phenoxy) is 1. The number of hydrogen-bond donors (Lipinski definition) is 3. The molecule has 1 aromatic heterocycles. The summed E-state index contributed by atoms with van der Waals surface area (Å²) >= 11 is 1.75. The topological polar surface area (TPSA) is 78.0 Å². The summed E-state index contributed by atoms with van der Waals surface area (Å²) in [6.07, 6.45) is 0.402. The van der Waals surface area contributed by atoms with Crippen LogP contribution in [-0.4, -0.2) is 62.8 Å². The van der Waals surface area contributed by atoms with E-state index in [1.54, 1.807) is 11.3 Å². The molecule has 1 aromatic rings. The molecule has 0 saturated carbocycles. The van der Waals surface area contributed by atoms with Gasteiger partial charge in [-0.2, -0.15) is 0 Å². The Kier molecular flexibility index (Phi) is 13.5. The molecule has 0 aliphatic rings. The van der Waals surface area contributed by atoms with Crippen LogP contribution in [0.1, 0.15) is 45.0 Å². The van der Waals surface area contributed by atoms with E-state index < -0.39 is 5.60 Å². The van der Waals surface area contributed by atoms with Gasteiger partial charge in [0, 0.05) is 24.5 Å². The number of nitrogens with zero attached hydrogens (tertiary/aromatic N) is 2. The van der Waals surface area contributed by atoms with E-state index in [4.69, 9.17) is 9.73 Å². The molecular weight excluding hydrogens is 489 g/mol. The molecule has 0 bridgehead atoms. The minimum Gasteiger partial charge on any atom is -0.444 e. The number of carbonyl (C=O) groups is 1. The van der Waals surface area contributed by atoms with E-state index in [9.17, 15) is 4.79 Å². The Morgan fingerprint density at radius 2 is 1.93 bits per heavy atom. The van der Waals surface area contributed by atoms with Crippen molar-refractivity contribution in [1.82, 2.24) is 20.9 Å². The van der Waals surface area contributed by atoms with E-state index in [2.05, 4.69) is 52.5 Å². The smallest absolute Gasteiger partial charge is 0.407 e. The van der Waals surface area contributed by atoms with Crippen LogP contribution in [-0.2, 0) is 4.74 Å². The van der Waals surface area contributed by atoms with Crippen LogP contribution in [0.4, 0.5) is 4.79 Å². The number of nitrogens with one attached hydrogen (secondary N) is 3. The van der Waals surface area contributed by atoms with Gasteiger partial charge in [0.25, 0.3) is 0 Å².